The molecule has 0 aliphatic carbocycles. The first-order chi connectivity index (χ1) is 12.5. The van der Waals surface area contributed by atoms with Crippen LogP contribution in [0.1, 0.15) is 31.5 Å². The van der Waals surface area contributed by atoms with Crippen molar-refractivity contribution in [2.24, 2.45) is 0 Å². The summed E-state index contributed by atoms with van der Waals surface area (Å²) in [6, 6.07) is 7.64. The number of morpholine rings is 1. The average molecular weight is 447 g/mol. The van der Waals surface area contributed by atoms with Gasteiger partial charge in [0.25, 0.3) is 0 Å². The van der Waals surface area contributed by atoms with Gasteiger partial charge in [0.2, 0.25) is 5.91 Å². The SMILES string of the molecule is CC1CN(Cc2csc(NC(=O)CCc3ccccc3N)n2)CC(C)O1.Cl.Cl. The minimum atomic E-state index is -0.0391. The minimum absolute atomic E-state index is 0. The van der Waals surface area contributed by atoms with Crippen LogP contribution in [-0.4, -0.2) is 41.1 Å². The van der Waals surface area contributed by atoms with E-state index in [-0.39, 0.29) is 42.9 Å². The van der Waals surface area contributed by atoms with Gasteiger partial charge in [0.15, 0.2) is 5.13 Å². The number of anilines is 2. The molecule has 1 aromatic carbocycles. The molecule has 2 unspecified atom stereocenters. The summed E-state index contributed by atoms with van der Waals surface area (Å²) in [6.45, 7) is 6.78. The van der Waals surface area contributed by atoms with E-state index in [1.807, 2.05) is 29.6 Å². The minimum Gasteiger partial charge on any atom is -0.399 e. The second-order valence-electron chi connectivity index (χ2n) is 6.84. The lowest BCUT2D eigenvalue weighted by atomic mass is 10.1. The van der Waals surface area contributed by atoms with Crippen molar-refractivity contribution in [1.29, 1.82) is 0 Å². The van der Waals surface area contributed by atoms with Crippen LogP contribution < -0.4 is 11.1 Å². The van der Waals surface area contributed by atoms with Gasteiger partial charge in [-0.25, -0.2) is 4.98 Å². The number of hydrogen-bond donors (Lipinski definition) is 2. The highest BCUT2D eigenvalue weighted by atomic mass is 35.5. The number of carbonyl (C=O) groups is 1. The Kier molecular flexibility index (Phi) is 10.2. The molecule has 0 spiro atoms. The van der Waals surface area contributed by atoms with Crippen molar-refractivity contribution in [1.82, 2.24) is 9.88 Å². The van der Waals surface area contributed by atoms with E-state index in [0.717, 1.165) is 36.6 Å². The molecule has 1 fully saturated rings. The first kappa shape index (κ1) is 24.7. The van der Waals surface area contributed by atoms with Crippen LogP contribution >= 0.6 is 36.2 Å². The molecule has 1 amide bonds. The van der Waals surface area contributed by atoms with Crippen molar-refractivity contribution in [2.75, 3.05) is 24.1 Å². The number of aryl methyl sites for hydroxylation is 1. The van der Waals surface area contributed by atoms with Gasteiger partial charge >= 0.3 is 0 Å². The highest BCUT2D eigenvalue weighted by Crippen LogP contribution is 2.20. The molecule has 1 aromatic heterocycles. The van der Waals surface area contributed by atoms with E-state index < -0.39 is 0 Å². The Morgan fingerprint density at radius 3 is 2.64 bits per heavy atom. The Balaban J connectivity index is 0.00000196. The summed E-state index contributed by atoms with van der Waals surface area (Å²) in [5.41, 5.74) is 8.63. The smallest absolute Gasteiger partial charge is 0.226 e. The first-order valence-corrected chi connectivity index (χ1v) is 9.83. The third-order valence-corrected chi connectivity index (χ3v) is 5.16. The van der Waals surface area contributed by atoms with Gasteiger partial charge in [-0.2, -0.15) is 0 Å². The van der Waals surface area contributed by atoms with Gasteiger partial charge in [0.1, 0.15) is 0 Å². The maximum Gasteiger partial charge on any atom is 0.226 e. The number of halogens is 2. The van der Waals surface area contributed by atoms with Gasteiger partial charge in [-0.3, -0.25) is 9.69 Å². The number of nitrogen functional groups attached to an aromatic ring is 1. The number of carbonyl (C=O) groups excluding carboxylic acids is 1. The van der Waals surface area contributed by atoms with E-state index in [2.05, 4.69) is 29.0 Å². The Morgan fingerprint density at radius 2 is 1.96 bits per heavy atom. The second-order valence-corrected chi connectivity index (χ2v) is 7.70. The van der Waals surface area contributed by atoms with Gasteiger partial charge in [-0.05, 0) is 31.9 Å². The van der Waals surface area contributed by atoms with Crippen LogP contribution in [0.5, 0.6) is 0 Å². The number of rotatable bonds is 6. The molecule has 9 heteroatoms. The number of nitrogens with one attached hydrogen (secondary N) is 1. The molecule has 1 aliphatic rings. The zero-order valence-electron chi connectivity index (χ0n) is 16.1. The van der Waals surface area contributed by atoms with Crippen LogP contribution in [0.3, 0.4) is 0 Å². The summed E-state index contributed by atoms with van der Waals surface area (Å²) < 4.78 is 5.76. The van der Waals surface area contributed by atoms with Crippen LogP contribution in [0, 0.1) is 0 Å². The molecule has 1 aliphatic heterocycles. The Labute approximate surface area is 182 Å². The van der Waals surface area contributed by atoms with Gasteiger partial charge < -0.3 is 15.8 Å². The molecule has 156 valence electrons. The van der Waals surface area contributed by atoms with Crippen molar-refractivity contribution in [3.63, 3.8) is 0 Å². The summed E-state index contributed by atoms with van der Waals surface area (Å²) in [6.07, 6.45) is 1.49. The van der Waals surface area contributed by atoms with Gasteiger partial charge in [0, 0.05) is 37.1 Å². The van der Waals surface area contributed by atoms with E-state index in [4.69, 9.17) is 10.5 Å². The molecule has 2 atom stereocenters. The zero-order chi connectivity index (χ0) is 18.5. The number of nitrogens with zero attached hydrogens (tertiary/aromatic N) is 2. The molecule has 1 saturated heterocycles. The van der Waals surface area contributed by atoms with Gasteiger partial charge in [-0.15, -0.1) is 36.2 Å². The van der Waals surface area contributed by atoms with Gasteiger partial charge in [-0.1, -0.05) is 18.2 Å². The van der Waals surface area contributed by atoms with E-state index in [1.54, 1.807) is 0 Å². The van der Waals surface area contributed by atoms with Crippen LogP contribution in [-0.2, 0) is 22.5 Å². The van der Waals surface area contributed by atoms with Crippen LogP contribution in [0.2, 0.25) is 0 Å². The summed E-state index contributed by atoms with van der Waals surface area (Å²) in [7, 11) is 0. The van der Waals surface area contributed by atoms with Crippen LogP contribution in [0.15, 0.2) is 29.6 Å². The van der Waals surface area contributed by atoms with Gasteiger partial charge in [0.05, 0.1) is 17.9 Å². The molecule has 28 heavy (non-hydrogen) atoms. The molecule has 0 radical (unpaired) electrons. The molecule has 3 rings (SSSR count). The van der Waals surface area contributed by atoms with E-state index in [9.17, 15) is 4.79 Å². The quantitative estimate of drug-likeness (QED) is 0.660. The molecule has 3 N–H and O–H groups in total. The van der Waals surface area contributed by atoms with Crippen LogP contribution in [0.25, 0.3) is 0 Å². The predicted molar refractivity (Wildman–Crippen MR) is 120 cm³/mol. The first-order valence-electron chi connectivity index (χ1n) is 8.95. The largest absolute Gasteiger partial charge is 0.399 e. The number of thiazole rings is 1. The third kappa shape index (κ3) is 7.22. The van der Waals surface area contributed by atoms with E-state index in [0.29, 0.717) is 18.0 Å². The standard InChI is InChI=1S/C19H26N4O2S.2ClH/c1-13-9-23(10-14(2)25-13)11-16-12-26-19(21-16)22-18(24)8-7-15-5-3-4-6-17(15)20;;/h3-6,12-14H,7-11,20H2,1-2H3,(H,21,22,24);2*1H. The number of aromatic nitrogens is 1. The fourth-order valence-corrected chi connectivity index (χ4v) is 3.99. The summed E-state index contributed by atoms with van der Waals surface area (Å²) in [5, 5.41) is 5.55. The number of benzene rings is 1. The lowest BCUT2D eigenvalue weighted by Crippen LogP contribution is -2.44. The van der Waals surface area contributed by atoms with Crippen molar-refractivity contribution in [3.05, 3.63) is 40.9 Å². The number of amides is 1. The summed E-state index contributed by atoms with van der Waals surface area (Å²) >= 11 is 1.47. The summed E-state index contributed by atoms with van der Waals surface area (Å²) in [5.74, 6) is -0.0391. The van der Waals surface area contributed by atoms with E-state index >= 15 is 0 Å². The molecule has 0 bridgehead atoms. The lowest BCUT2D eigenvalue weighted by molar-refractivity contribution is -0.116. The monoisotopic (exact) mass is 446 g/mol. The molecular weight excluding hydrogens is 419 g/mol. The molecule has 2 aromatic rings. The normalized spacial score (nSPS) is 19.4. The molecule has 0 saturated carbocycles. The second kappa shape index (κ2) is 11.6. The highest BCUT2D eigenvalue weighted by Gasteiger charge is 2.22. The van der Waals surface area contributed by atoms with Crippen molar-refractivity contribution in [2.45, 2.75) is 45.4 Å². The zero-order valence-corrected chi connectivity index (χ0v) is 18.5. The highest BCUT2D eigenvalue weighted by molar-refractivity contribution is 7.13. The van der Waals surface area contributed by atoms with Crippen molar-refractivity contribution in [3.8, 4) is 0 Å². The van der Waals surface area contributed by atoms with Crippen molar-refractivity contribution >= 4 is 52.9 Å². The number of ether oxygens (including phenoxy) is 1. The van der Waals surface area contributed by atoms with Crippen LogP contribution in [0.4, 0.5) is 10.8 Å². The number of nitrogens with two attached hydrogens (primary N) is 1. The number of hydrogen-bond acceptors (Lipinski definition) is 6. The summed E-state index contributed by atoms with van der Waals surface area (Å²) in [4.78, 5) is 19.1. The Morgan fingerprint density at radius 1 is 1.29 bits per heavy atom. The molecule has 2 heterocycles. The topological polar surface area (TPSA) is 80.5 Å². The fraction of sp³-hybridized carbons (Fsp3) is 0.474. The molecular formula is C19H28Cl2N4O2S. The van der Waals surface area contributed by atoms with Crippen molar-refractivity contribution < 1.29 is 9.53 Å². The maximum atomic E-state index is 12.2. The third-order valence-electron chi connectivity index (χ3n) is 4.36. The van der Waals surface area contributed by atoms with E-state index in [1.165, 1.54) is 11.3 Å². The fourth-order valence-electron chi connectivity index (χ4n) is 3.27. The molecule has 6 nitrogen and oxygen atoms in total. The number of para-hydroxylation sites is 1. The lowest BCUT2D eigenvalue weighted by Gasteiger charge is -2.34. The maximum absolute atomic E-state index is 12.2. The predicted octanol–water partition coefficient (Wildman–Crippen LogP) is 3.75. The average Bonchev–Trinajstić information content (AvgIpc) is 3.00. The Bertz CT molecular complexity index is 749. The Hall–Kier alpha value is -1.38.